The Labute approximate surface area is 113 Å². The Balaban J connectivity index is 2.59. The number of piperidine rings is 1. The van der Waals surface area contributed by atoms with Gasteiger partial charge < -0.3 is 19.5 Å². The minimum absolute atomic E-state index is 0.297. The molecule has 0 aromatic rings. The number of carbonyl (C=O) groups is 2. The largest absolute Gasteiger partial charge is 0.467 e. The van der Waals surface area contributed by atoms with Crippen molar-refractivity contribution >= 4 is 12.1 Å². The third-order valence-corrected chi connectivity index (χ3v) is 3.00. The Morgan fingerprint density at radius 1 is 1.37 bits per heavy atom. The molecule has 0 radical (unpaired) electrons. The Kier molecular flexibility index (Phi) is 5.17. The van der Waals surface area contributed by atoms with Crippen molar-refractivity contribution in [1.82, 2.24) is 4.90 Å². The summed E-state index contributed by atoms with van der Waals surface area (Å²) in [5.74, 6) is -0.954. The van der Waals surface area contributed by atoms with E-state index in [0.717, 1.165) is 6.42 Å². The standard InChI is InChI=1S/C13H23NO5/c1-13(2,3)19-12(17)14-7-5-6-9(8-14)10(15)11(16)18-4/h9-10,15H,5-8H2,1-4H3/t9-,10?/m1/s1. The average Bonchev–Trinajstić information content (AvgIpc) is 2.35. The van der Waals surface area contributed by atoms with Crippen molar-refractivity contribution in [2.75, 3.05) is 20.2 Å². The zero-order valence-corrected chi connectivity index (χ0v) is 12.0. The Morgan fingerprint density at radius 3 is 2.53 bits per heavy atom. The first-order valence-electron chi connectivity index (χ1n) is 6.48. The van der Waals surface area contributed by atoms with Gasteiger partial charge in [0.05, 0.1) is 7.11 Å². The lowest BCUT2D eigenvalue weighted by Crippen LogP contribution is -2.47. The molecule has 0 aromatic heterocycles. The highest BCUT2D eigenvalue weighted by molar-refractivity contribution is 5.75. The van der Waals surface area contributed by atoms with Crippen molar-refractivity contribution in [1.29, 1.82) is 0 Å². The summed E-state index contributed by atoms with van der Waals surface area (Å²) >= 11 is 0. The second-order valence-electron chi connectivity index (χ2n) is 5.80. The molecule has 1 unspecified atom stereocenters. The lowest BCUT2D eigenvalue weighted by atomic mass is 9.93. The van der Waals surface area contributed by atoms with Crippen LogP contribution in [0.5, 0.6) is 0 Å². The van der Waals surface area contributed by atoms with Gasteiger partial charge in [-0.05, 0) is 33.6 Å². The third kappa shape index (κ3) is 4.70. The quantitative estimate of drug-likeness (QED) is 0.764. The first kappa shape index (κ1) is 15.8. The van der Waals surface area contributed by atoms with Gasteiger partial charge in [0.25, 0.3) is 0 Å². The molecule has 1 heterocycles. The molecule has 1 fully saturated rings. The van der Waals surface area contributed by atoms with Crippen LogP contribution in [0.25, 0.3) is 0 Å². The van der Waals surface area contributed by atoms with Gasteiger partial charge in [-0.25, -0.2) is 9.59 Å². The maximum atomic E-state index is 11.9. The molecule has 6 heteroatoms. The molecule has 6 nitrogen and oxygen atoms in total. The lowest BCUT2D eigenvalue weighted by Gasteiger charge is -2.35. The van der Waals surface area contributed by atoms with Crippen molar-refractivity contribution < 1.29 is 24.2 Å². The SMILES string of the molecule is COC(=O)C(O)[C@@H]1CCCN(C(=O)OC(C)(C)C)C1. The summed E-state index contributed by atoms with van der Waals surface area (Å²) in [6, 6.07) is 0. The van der Waals surface area contributed by atoms with Crippen LogP contribution in [0.3, 0.4) is 0 Å². The molecule has 1 saturated heterocycles. The second-order valence-corrected chi connectivity index (χ2v) is 5.80. The van der Waals surface area contributed by atoms with E-state index in [-0.39, 0.29) is 5.92 Å². The predicted octanol–water partition coefficient (Wildman–Crippen LogP) is 1.17. The predicted molar refractivity (Wildman–Crippen MR) is 68.6 cm³/mol. The van der Waals surface area contributed by atoms with Crippen molar-refractivity contribution in [2.24, 2.45) is 5.92 Å². The molecule has 0 saturated carbocycles. The van der Waals surface area contributed by atoms with Gasteiger partial charge in [-0.3, -0.25) is 0 Å². The van der Waals surface area contributed by atoms with E-state index >= 15 is 0 Å². The average molecular weight is 273 g/mol. The number of methoxy groups -OCH3 is 1. The minimum atomic E-state index is -1.18. The summed E-state index contributed by atoms with van der Waals surface area (Å²) in [7, 11) is 1.24. The summed E-state index contributed by atoms with van der Waals surface area (Å²) in [4.78, 5) is 24.8. The Morgan fingerprint density at radius 2 is 2.00 bits per heavy atom. The maximum absolute atomic E-state index is 11.9. The van der Waals surface area contributed by atoms with Crippen molar-refractivity contribution in [2.45, 2.75) is 45.3 Å². The number of amides is 1. The summed E-state index contributed by atoms with van der Waals surface area (Å²) in [5.41, 5.74) is -0.551. The molecule has 110 valence electrons. The van der Waals surface area contributed by atoms with Crippen molar-refractivity contribution in [3.63, 3.8) is 0 Å². The number of likely N-dealkylation sites (tertiary alicyclic amines) is 1. The molecule has 1 aliphatic heterocycles. The number of aliphatic hydroxyl groups is 1. The molecule has 0 aliphatic carbocycles. The molecule has 1 N–H and O–H groups in total. The van der Waals surface area contributed by atoms with Gasteiger partial charge in [0.15, 0.2) is 6.10 Å². The van der Waals surface area contributed by atoms with Crippen LogP contribution >= 0.6 is 0 Å². The van der Waals surface area contributed by atoms with Gasteiger partial charge in [-0.1, -0.05) is 0 Å². The third-order valence-electron chi connectivity index (χ3n) is 3.00. The van der Waals surface area contributed by atoms with Crippen LogP contribution < -0.4 is 0 Å². The topological polar surface area (TPSA) is 76.1 Å². The van der Waals surface area contributed by atoms with E-state index in [0.29, 0.717) is 19.5 Å². The normalized spacial score (nSPS) is 21.7. The molecule has 0 bridgehead atoms. The van der Waals surface area contributed by atoms with Crippen LogP contribution in [0.1, 0.15) is 33.6 Å². The van der Waals surface area contributed by atoms with Crippen LogP contribution in [0.4, 0.5) is 4.79 Å². The van der Waals surface area contributed by atoms with Gasteiger partial charge in [0, 0.05) is 19.0 Å². The summed E-state index contributed by atoms with van der Waals surface area (Å²) in [6.07, 6.45) is -0.169. The number of hydrogen-bond donors (Lipinski definition) is 1. The van der Waals surface area contributed by atoms with Crippen LogP contribution in [0.15, 0.2) is 0 Å². The van der Waals surface area contributed by atoms with Crippen LogP contribution in [0, 0.1) is 5.92 Å². The first-order valence-corrected chi connectivity index (χ1v) is 6.48. The number of carbonyl (C=O) groups excluding carboxylic acids is 2. The number of esters is 1. The van der Waals surface area contributed by atoms with Gasteiger partial charge in [0.1, 0.15) is 5.60 Å². The molecule has 2 atom stereocenters. The fraction of sp³-hybridized carbons (Fsp3) is 0.846. The van der Waals surface area contributed by atoms with Gasteiger partial charge in [0.2, 0.25) is 0 Å². The molecule has 1 aliphatic rings. The molecular formula is C13H23NO5. The first-order chi connectivity index (χ1) is 8.74. The Bertz CT molecular complexity index is 336. The van der Waals surface area contributed by atoms with E-state index in [1.807, 2.05) is 0 Å². The Hall–Kier alpha value is -1.30. The zero-order chi connectivity index (χ0) is 14.6. The van der Waals surface area contributed by atoms with E-state index in [9.17, 15) is 14.7 Å². The van der Waals surface area contributed by atoms with Crippen LogP contribution in [0.2, 0.25) is 0 Å². The lowest BCUT2D eigenvalue weighted by molar-refractivity contribution is -0.154. The highest BCUT2D eigenvalue weighted by Gasteiger charge is 2.34. The van der Waals surface area contributed by atoms with Gasteiger partial charge in [-0.2, -0.15) is 0 Å². The molecule has 0 aromatic carbocycles. The fourth-order valence-electron chi connectivity index (χ4n) is 2.07. The van der Waals surface area contributed by atoms with E-state index in [1.165, 1.54) is 12.0 Å². The van der Waals surface area contributed by atoms with E-state index < -0.39 is 23.8 Å². The molecule has 1 amide bonds. The molecule has 0 spiro atoms. The van der Waals surface area contributed by atoms with Gasteiger partial charge in [-0.15, -0.1) is 0 Å². The van der Waals surface area contributed by atoms with E-state index in [1.54, 1.807) is 20.8 Å². The maximum Gasteiger partial charge on any atom is 0.410 e. The number of rotatable bonds is 2. The molecule has 1 rings (SSSR count). The minimum Gasteiger partial charge on any atom is -0.467 e. The molecular weight excluding hydrogens is 250 g/mol. The van der Waals surface area contributed by atoms with Gasteiger partial charge >= 0.3 is 12.1 Å². The number of aliphatic hydroxyl groups excluding tert-OH is 1. The molecule has 19 heavy (non-hydrogen) atoms. The summed E-state index contributed by atoms with van der Waals surface area (Å²) in [6.45, 7) is 6.30. The smallest absolute Gasteiger partial charge is 0.410 e. The van der Waals surface area contributed by atoms with E-state index in [4.69, 9.17) is 4.74 Å². The highest BCUT2D eigenvalue weighted by Crippen LogP contribution is 2.22. The van der Waals surface area contributed by atoms with Crippen molar-refractivity contribution in [3.8, 4) is 0 Å². The summed E-state index contributed by atoms with van der Waals surface area (Å²) in [5, 5.41) is 9.82. The monoisotopic (exact) mass is 273 g/mol. The van der Waals surface area contributed by atoms with Crippen LogP contribution in [-0.2, 0) is 14.3 Å². The van der Waals surface area contributed by atoms with Crippen LogP contribution in [-0.4, -0.2) is 54.0 Å². The summed E-state index contributed by atoms with van der Waals surface area (Å²) < 4.78 is 9.80. The zero-order valence-electron chi connectivity index (χ0n) is 12.0. The van der Waals surface area contributed by atoms with Crippen molar-refractivity contribution in [3.05, 3.63) is 0 Å². The second kappa shape index (κ2) is 6.23. The van der Waals surface area contributed by atoms with E-state index in [2.05, 4.69) is 4.74 Å². The highest BCUT2D eigenvalue weighted by atomic mass is 16.6. The number of nitrogens with zero attached hydrogens (tertiary/aromatic N) is 1. The number of ether oxygens (including phenoxy) is 2. The fourth-order valence-corrected chi connectivity index (χ4v) is 2.07. The number of hydrogen-bond acceptors (Lipinski definition) is 5.